The van der Waals surface area contributed by atoms with Gasteiger partial charge in [0.1, 0.15) is 10.7 Å². The third-order valence-corrected chi connectivity index (χ3v) is 9.48. The minimum Gasteiger partial charge on any atom is -0.365 e. The summed E-state index contributed by atoms with van der Waals surface area (Å²) in [5, 5.41) is 4.57. The quantitative estimate of drug-likeness (QED) is 0.261. The number of nitrogens with zero attached hydrogens (tertiary/aromatic N) is 6. The van der Waals surface area contributed by atoms with Gasteiger partial charge in [-0.25, -0.2) is 9.97 Å². The van der Waals surface area contributed by atoms with Gasteiger partial charge in [0.15, 0.2) is 0 Å². The lowest BCUT2D eigenvalue weighted by Gasteiger charge is -2.36. The third-order valence-electron chi connectivity index (χ3n) is 6.92. The van der Waals surface area contributed by atoms with Crippen molar-refractivity contribution in [2.24, 2.45) is 0 Å². The van der Waals surface area contributed by atoms with Crippen molar-refractivity contribution in [3.8, 4) is 0 Å². The van der Waals surface area contributed by atoms with Crippen LogP contribution in [-0.2, 0) is 0 Å². The van der Waals surface area contributed by atoms with Gasteiger partial charge in [-0.3, -0.25) is 14.6 Å². The number of hydrogen-bond acceptors (Lipinski definition) is 8. The average Bonchev–Trinajstić information content (AvgIpc) is 3.46. The maximum atomic E-state index is 13.2. The minimum atomic E-state index is -0.0576. The Morgan fingerprint density at radius 1 is 1.05 bits per heavy atom. The summed E-state index contributed by atoms with van der Waals surface area (Å²) in [6.07, 6.45) is 8.31. The Morgan fingerprint density at radius 2 is 1.74 bits per heavy atom. The molecule has 0 radical (unpaired) electrons. The summed E-state index contributed by atoms with van der Waals surface area (Å²) in [6, 6.07) is 3.64. The maximum absolute atomic E-state index is 13.2. The largest absolute Gasteiger partial charge is 0.365 e. The number of thioether (sulfide) groups is 1. The lowest BCUT2D eigenvalue weighted by Crippen LogP contribution is -2.49. The Labute approximate surface area is 246 Å². The molecule has 0 bridgehead atoms. The van der Waals surface area contributed by atoms with E-state index in [1.165, 1.54) is 23.1 Å². The first kappa shape index (κ1) is 27.9. The molecule has 5 heterocycles. The highest BCUT2D eigenvalue weighted by Gasteiger charge is 2.30. The molecule has 0 aromatic carbocycles. The SMILES string of the molecule is C=CCSc1ncccc1C(=O)N1CCC(c2nc(C(=O)N3CCN(c4c(Cl)cncc4Cl)CC3)cs2)CC1. The number of anilines is 1. The highest BCUT2D eigenvalue weighted by molar-refractivity contribution is 7.99. The summed E-state index contributed by atoms with van der Waals surface area (Å²) in [6.45, 7) is 7.42. The molecule has 204 valence electrons. The second kappa shape index (κ2) is 12.7. The van der Waals surface area contributed by atoms with E-state index in [9.17, 15) is 9.59 Å². The van der Waals surface area contributed by atoms with E-state index in [4.69, 9.17) is 28.2 Å². The van der Waals surface area contributed by atoms with Crippen LogP contribution >= 0.6 is 46.3 Å². The molecule has 0 N–H and O–H groups in total. The van der Waals surface area contributed by atoms with Crippen molar-refractivity contribution in [1.82, 2.24) is 24.8 Å². The molecular formula is C27H28Cl2N6O2S2. The number of hydrogen-bond donors (Lipinski definition) is 0. The van der Waals surface area contributed by atoms with Crippen LogP contribution in [0.25, 0.3) is 0 Å². The van der Waals surface area contributed by atoms with Crippen molar-refractivity contribution in [3.63, 3.8) is 0 Å². The summed E-state index contributed by atoms with van der Waals surface area (Å²) < 4.78 is 0. The van der Waals surface area contributed by atoms with Gasteiger partial charge in [0.05, 0.1) is 26.3 Å². The van der Waals surface area contributed by atoms with Gasteiger partial charge in [0.25, 0.3) is 11.8 Å². The van der Waals surface area contributed by atoms with Gasteiger partial charge in [-0.05, 0) is 25.0 Å². The molecule has 0 spiro atoms. The second-order valence-electron chi connectivity index (χ2n) is 9.32. The summed E-state index contributed by atoms with van der Waals surface area (Å²) in [5.74, 6) is 0.888. The number of halogens is 2. The standard InChI is InChI=1S/C27H28Cl2N6O2S2/c1-2-14-38-25-19(4-3-7-31-25)26(36)34-8-5-18(6-9-34)24-32-22(17-39-24)27(37)35-12-10-33(11-13-35)23-20(28)15-30-16-21(23)29/h2-4,7,15-18H,1,5-6,8-14H2. The van der Waals surface area contributed by atoms with E-state index in [1.54, 1.807) is 30.7 Å². The van der Waals surface area contributed by atoms with Crippen LogP contribution in [0.1, 0.15) is 44.6 Å². The zero-order valence-electron chi connectivity index (χ0n) is 21.3. The van der Waals surface area contributed by atoms with E-state index < -0.39 is 0 Å². The average molecular weight is 604 g/mol. The van der Waals surface area contributed by atoms with Crippen molar-refractivity contribution < 1.29 is 9.59 Å². The summed E-state index contributed by atoms with van der Waals surface area (Å²) >= 11 is 15.7. The minimum absolute atomic E-state index is 0.0107. The maximum Gasteiger partial charge on any atom is 0.273 e. The number of piperazine rings is 1. The molecule has 0 atom stereocenters. The Morgan fingerprint density at radius 3 is 2.44 bits per heavy atom. The fourth-order valence-electron chi connectivity index (χ4n) is 4.88. The van der Waals surface area contributed by atoms with Gasteiger partial charge in [0, 0.05) is 74.9 Å². The predicted octanol–water partition coefficient (Wildman–Crippen LogP) is 5.50. The highest BCUT2D eigenvalue weighted by Crippen LogP contribution is 2.34. The van der Waals surface area contributed by atoms with Crippen molar-refractivity contribution in [1.29, 1.82) is 0 Å². The van der Waals surface area contributed by atoms with Crippen LogP contribution in [-0.4, -0.2) is 81.6 Å². The van der Waals surface area contributed by atoms with Gasteiger partial charge in [-0.1, -0.05) is 29.3 Å². The highest BCUT2D eigenvalue weighted by atomic mass is 35.5. The molecule has 3 aromatic heterocycles. The van der Waals surface area contributed by atoms with Crippen LogP contribution in [0.2, 0.25) is 10.0 Å². The summed E-state index contributed by atoms with van der Waals surface area (Å²) in [4.78, 5) is 45.3. The lowest BCUT2D eigenvalue weighted by atomic mass is 9.97. The molecule has 2 fully saturated rings. The number of pyridine rings is 2. The first-order valence-corrected chi connectivity index (χ1v) is 15.3. The third kappa shape index (κ3) is 6.24. The molecule has 0 saturated carbocycles. The number of thiazole rings is 1. The van der Waals surface area contributed by atoms with Gasteiger partial charge in [0.2, 0.25) is 0 Å². The van der Waals surface area contributed by atoms with Crippen molar-refractivity contribution in [3.05, 3.63) is 75.1 Å². The van der Waals surface area contributed by atoms with Crippen molar-refractivity contribution in [2.45, 2.75) is 23.8 Å². The van der Waals surface area contributed by atoms with Crippen LogP contribution in [0.15, 0.2) is 53.8 Å². The molecule has 12 heteroatoms. The molecule has 0 unspecified atom stereocenters. The fraction of sp³-hybridized carbons (Fsp3) is 0.370. The first-order chi connectivity index (χ1) is 19.0. The van der Waals surface area contributed by atoms with Gasteiger partial charge >= 0.3 is 0 Å². The van der Waals surface area contributed by atoms with Gasteiger partial charge < -0.3 is 14.7 Å². The lowest BCUT2D eigenvalue weighted by molar-refractivity contribution is 0.0708. The number of carbonyl (C=O) groups is 2. The zero-order chi connectivity index (χ0) is 27.4. The van der Waals surface area contributed by atoms with Crippen LogP contribution in [0.5, 0.6) is 0 Å². The number of carbonyl (C=O) groups excluding carboxylic acids is 2. The molecule has 0 aliphatic carbocycles. The Kier molecular flexibility index (Phi) is 9.06. The Hall–Kier alpha value is -2.66. The van der Waals surface area contributed by atoms with E-state index in [1.807, 2.05) is 21.2 Å². The van der Waals surface area contributed by atoms with Crippen LogP contribution in [0.4, 0.5) is 5.69 Å². The number of likely N-dealkylation sites (tertiary alicyclic amines) is 1. The van der Waals surface area contributed by atoms with E-state index in [-0.39, 0.29) is 17.7 Å². The molecule has 2 amide bonds. The predicted molar refractivity (Wildman–Crippen MR) is 158 cm³/mol. The van der Waals surface area contributed by atoms with E-state index in [0.29, 0.717) is 66.3 Å². The molecule has 3 aromatic rings. The van der Waals surface area contributed by atoms with E-state index in [2.05, 4.69) is 21.4 Å². The molecule has 8 nitrogen and oxygen atoms in total. The normalized spacial score (nSPS) is 16.4. The molecule has 2 aliphatic rings. The molecule has 39 heavy (non-hydrogen) atoms. The van der Waals surface area contributed by atoms with Crippen LogP contribution in [0.3, 0.4) is 0 Å². The van der Waals surface area contributed by atoms with Crippen LogP contribution < -0.4 is 4.90 Å². The zero-order valence-corrected chi connectivity index (χ0v) is 24.4. The molecule has 5 rings (SSSR count). The van der Waals surface area contributed by atoms with Crippen LogP contribution in [0, 0.1) is 0 Å². The molecule has 2 saturated heterocycles. The molecule has 2 aliphatic heterocycles. The van der Waals surface area contributed by atoms with Gasteiger partial charge in [-0.15, -0.1) is 29.7 Å². The number of aromatic nitrogens is 3. The summed E-state index contributed by atoms with van der Waals surface area (Å²) in [5.41, 5.74) is 1.89. The number of piperidine rings is 1. The Bertz CT molecular complexity index is 1330. The molecular weight excluding hydrogens is 575 g/mol. The smallest absolute Gasteiger partial charge is 0.273 e. The number of rotatable bonds is 7. The van der Waals surface area contributed by atoms with E-state index in [0.717, 1.165) is 28.6 Å². The number of amides is 2. The van der Waals surface area contributed by atoms with E-state index >= 15 is 0 Å². The van der Waals surface area contributed by atoms with Crippen molar-refractivity contribution in [2.75, 3.05) is 49.9 Å². The Balaban J connectivity index is 1.16. The second-order valence-corrected chi connectivity index (χ2v) is 12.0. The summed E-state index contributed by atoms with van der Waals surface area (Å²) in [7, 11) is 0. The monoisotopic (exact) mass is 602 g/mol. The van der Waals surface area contributed by atoms with Gasteiger partial charge in [-0.2, -0.15) is 0 Å². The topological polar surface area (TPSA) is 82.5 Å². The fourth-order valence-corrected chi connectivity index (χ4v) is 7.17. The van der Waals surface area contributed by atoms with Crippen molar-refractivity contribution >= 4 is 63.8 Å². The first-order valence-electron chi connectivity index (χ1n) is 12.7.